The highest BCUT2D eigenvalue weighted by Gasteiger charge is 2.22. The van der Waals surface area contributed by atoms with E-state index in [0.29, 0.717) is 11.5 Å². The van der Waals surface area contributed by atoms with Crippen LogP contribution in [-0.4, -0.2) is 32.6 Å². The van der Waals surface area contributed by atoms with Crippen molar-refractivity contribution >= 4 is 21.8 Å². The Kier molecular flexibility index (Phi) is 7.55. The van der Waals surface area contributed by atoms with E-state index in [9.17, 15) is 8.42 Å². The molecular weight excluding hydrogens is 448 g/mol. The average Bonchev–Trinajstić information content (AvgIpc) is 3.33. The highest BCUT2D eigenvalue weighted by molar-refractivity contribution is 7.92. The zero-order valence-electron chi connectivity index (χ0n) is 19.6. The van der Waals surface area contributed by atoms with Gasteiger partial charge in [0.05, 0.1) is 0 Å². The van der Waals surface area contributed by atoms with E-state index >= 15 is 0 Å². The second-order valence-electron chi connectivity index (χ2n) is 8.05. The highest BCUT2D eigenvalue weighted by atomic mass is 32.2. The van der Waals surface area contributed by atoms with E-state index in [1.807, 2.05) is 72.8 Å². The Labute approximate surface area is 202 Å². The van der Waals surface area contributed by atoms with E-state index in [4.69, 9.17) is 9.47 Å². The van der Waals surface area contributed by atoms with Gasteiger partial charge in [0.25, 0.3) is 0 Å². The summed E-state index contributed by atoms with van der Waals surface area (Å²) in [6.07, 6.45) is 1.63. The second-order valence-corrected chi connectivity index (χ2v) is 9.87. The molecule has 6 nitrogen and oxygen atoms in total. The first kappa shape index (κ1) is 23.9. The molecule has 0 saturated carbocycles. The molecule has 0 atom stereocenters. The molecule has 0 amide bonds. The van der Waals surface area contributed by atoms with Gasteiger partial charge in [-0.25, -0.2) is 8.42 Å². The van der Waals surface area contributed by atoms with Gasteiger partial charge >= 0.3 is 0 Å². The van der Waals surface area contributed by atoms with Crippen LogP contribution < -0.4 is 14.4 Å². The Bertz CT molecular complexity index is 1220. The molecule has 7 heteroatoms. The molecule has 178 valence electrons. The van der Waals surface area contributed by atoms with Crippen LogP contribution in [0.15, 0.2) is 78.2 Å². The number of nitrogens with zero attached hydrogens (tertiary/aromatic N) is 2. The zero-order chi connectivity index (χ0) is 24.0. The summed E-state index contributed by atoms with van der Waals surface area (Å²) in [5.74, 6) is 1.31. The SMILES string of the molecule is CCN(CC)c1ccc(CN(Cc2ccc3c(c2)OCO3)S(=O)(=O)C=Cc2ccccc2)cc1. The van der Waals surface area contributed by atoms with Gasteiger partial charge in [-0.1, -0.05) is 48.5 Å². The quantitative estimate of drug-likeness (QED) is 0.398. The van der Waals surface area contributed by atoms with Crippen molar-refractivity contribution in [3.8, 4) is 11.5 Å². The van der Waals surface area contributed by atoms with Crippen molar-refractivity contribution < 1.29 is 17.9 Å². The minimum atomic E-state index is -3.70. The standard InChI is InChI=1S/C27H30N2O4S/c1-3-28(4-2)25-13-10-23(11-14-25)19-29(20-24-12-15-26-27(18-24)33-21-32-26)34(30,31)17-16-22-8-6-5-7-9-22/h5-18H,3-4,19-21H2,1-2H3. The van der Waals surface area contributed by atoms with Gasteiger partial charge in [0.2, 0.25) is 16.8 Å². The fourth-order valence-electron chi connectivity index (χ4n) is 3.90. The molecule has 1 aliphatic heterocycles. The first-order chi connectivity index (χ1) is 16.5. The molecule has 1 aliphatic rings. The topological polar surface area (TPSA) is 59.1 Å². The second kappa shape index (κ2) is 10.8. The molecule has 0 bridgehead atoms. The lowest BCUT2D eigenvalue weighted by atomic mass is 10.1. The normalized spacial score (nSPS) is 13.0. The third kappa shape index (κ3) is 5.79. The number of fused-ring (bicyclic) bond motifs is 1. The van der Waals surface area contributed by atoms with Gasteiger partial charge in [-0.15, -0.1) is 0 Å². The lowest BCUT2D eigenvalue weighted by molar-refractivity contribution is 0.174. The molecule has 0 spiro atoms. The molecule has 3 aromatic rings. The summed E-state index contributed by atoms with van der Waals surface area (Å²) in [6.45, 7) is 6.74. The third-order valence-electron chi connectivity index (χ3n) is 5.81. The van der Waals surface area contributed by atoms with Crippen molar-refractivity contribution in [3.63, 3.8) is 0 Å². The van der Waals surface area contributed by atoms with Gasteiger partial charge in [-0.2, -0.15) is 4.31 Å². The Morgan fingerprint density at radius 1 is 0.824 bits per heavy atom. The molecule has 0 aromatic heterocycles. The zero-order valence-corrected chi connectivity index (χ0v) is 20.4. The van der Waals surface area contributed by atoms with Crippen LogP contribution in [0.3, 0.4) is 0 Å². The van der Waals surface area contributed by atoms with E-state index in [-0.39, 0.29) is 19.9 Å². The monoisotopic (exact) mass is 478 g/mol. The van der Waals surface area contributed by atoms with Crippen LogP contribution in [0, 0.1) is 0 Å². The Morgan fingerprint density at radius 2 is 1.47 bits per heavy atom. The molecule has 0 unspecified atom stereocenters. The number of ether oxygens (including phenoxy) is 2. The largest absolute Gasteiger partial charge is 0.454 e. The van der Waals surface area contributed by atoms with E-state index < -0.39 is 10.0 Å². The first-order valence-corrected chi connectivity index (χ1v) is 12.9. The van der Waals surface area contributed by atoms with Crippen LogP contribution >= 0.6 is 0 Å². The predicted molar refractivity (Wildman–Crippen MR) is 136 cm³/mol. The van der Waals surface area contributed by atoms with E-state index in [1.165, 1.54) is 9.71 Å². The van der Waals surface area contributed by atoms with Crippen molar-refractivity contribution in [1.82, 2.24) is 4.31 Å². The Balaban J connectivity index is 1.60. The van der Waals surface area contributed by atoms with Crippen molar-refractivity contribution in [2.24, 2.45) is 0 Å². The Morgan fingerprint density at radius 3 is 2.18 bits per heavy atom. The summed E-state index contributed by atoms with van der Waals surface area (Å²) >= 11 is 0. The maximum absolute atomic E-state index is 13.4. The average molecular weight is 479 g/mol. The number of rotatable bonds is 10. The van der Waals surface area contributed by atoms with Crippen molar-refractivity contribution in [2.45, 2.75) is 26.9 Å². The molecule has 0 N–H and O–H groups in total. The molecule has 3 aromatic carbocycles. The summed E-state index contributed by atoms with van der Waals surface area (Å²) in [4.78, 5) is 2.26. The molecule has 4 rings (SSSR count). The minimum absolute atomic E-state index is 0.180. The van der Waals surface area contributed by atoms with Crippen molar-refractivity contribution in [2.75, 3.05) is 24.8 Å². The fraction of sp³-hybridized carbons (Fsp3) is 0.259. The summed E-state index contributed by atoms with van der Waals surface area (Å²) in [5.41, 5.74) is 3.72. The molecule has 1 heterocycles. The summed E-state index contributed by atoms with van der Waals surface area (Å²) in [7, 11) is -3.70. The Hall–Kier alpha value is -3.29. The molecule has 34 heavy (non-hydrogen) atoms. The summed E-state index contributed by atoms with van der Waals surface area (Å²) in [6, 6.07) is 23.0. The van der Waals surface area contributed by atoms with Crippen LogP contribution in [-0.2, 0) is 23.1 Å². The molecular formula is C27H30N2O4S. The maximum Gasteiger partial charge on any atom is 0.236 e. The van der Waals surface area contributed by atoms with Gasteiger partial charge in [0.1, 0.15) is 0 Å². The van der Waals surface area contributed by atoms with Gasteiger partial charge in [0, 0.05) is 37.3 Å². The van der Waals surface area contributed by atoms with E-state index in [2.05, 4.69) is 18.7 Å². The van der Waals surface area contributed by atoms with Gasteiger partial charge in [-0.05, 0) is 60.9 Å². The minimum Gasteiger partial charge on any atom is -0.454 e. The predicted octanol–water partition coefficient (Wildman–Crippen LogP) is 5.26. The van der Waals surface area contributed by atoms with Crippen LogP contribution in [0.4, 0.5) is 5.69 Å². The lowest BCUT2D eigenvalue weighted by Gasteiger charge is -2.23. The van der Waals surface area contributed by atoms with E-state index in [0.717, 1.165) is 35.5 Å². The van der Waals surface area contributed by atoms with Gasteiger partial charge in [0.15, 0.2) is 11.5 Å². The van der Waals surface area contributed by atoms with Gasteiger partial charge < -0.3 is 14.4 Å². The van der Waals surface area contributed by atoms with Crippen LogP contribution in [0.5, 0.6) is 11.5 Å². The number of sulfonamides is 1. The number of hydrogen-bond donors (Lipinski definition) is 0. The number of anilines is 1. The highest BCUT2D eigenvalue weighted by Crippen LogP contribution is 2.33. The fourth-order valence-corrected chi connectivity index (χ4v) is 5.06. The smallest absolute Gasteiger partial charge is 0.236 e. The third-order valence-corrected chi connectivity index (χ3v) is 7.27. The van der Waals surface area contributed by atoms with Crippen LogP contribution in [0.25, 0.3) is 6.08 Å². The molecule has 0 radical (unpaired) electrons. The van der Waals surface area contributed by atoms with Crippen molar-refractivity contribution in [3.05, 3.63) is 94.9 Å². The van der Waals surface area contributed by atoms with Crippen LogP contribution in [0.2, 0.25) is 0 Å². The van der Waals surface area contributed by atoms with Gasteiger partial charge in [-0.3, -0.25) is 0 Å². The summed E-state index contributed by atoms with van der Waals surface area (Å²) in [5, 5.41) is 1.28. The number of benzene rings is 3. The first-order valence-electron chi connectivity index (χ1n) is 11.4. The summed E-state index contributed by atoms with van der Waals surface area (Å²) < 4.78 is 39.1. The van der Waals surface area contributed by atoms with Crippen LogP contribution in [0.1, 0.15) is 30.5 Å². The maximum atomic E-state index is 13.4. The van der Waals surface area contributed by atoms with E-state index in [1.54, 1.807) is 6.08 Å². The molecule has 0 fully saturated rings. The molecule has 0 aliphatic carbocycles. The molecule has 0 saturated heterocycles. The van der Waals surface area contributed by atoms with Crippen molar-refractivity contribution in [1.29, 1.82) is 0 Å². The number of hydrogen-bond acceptors (Lipinski definition) is 5. The lowest BCUT2D eigenvalue weighted by Crippen LogP contribution is -2.28.